The van der Waals surface area contributed by atoms with Crippen molar-refractivity contribution in [3.8, 4) is 11.5 Å². The molecule has 8 heteroatoms. The summed E-state index contributed by atoms with van der Waals surface area (Å²) in [7, 11) is -0.704. The number of carbonyl (C=O) groups excluding carboxylic acids is 1. The molecule has 1 heterocycles. The second kappa shape index (κ2) is 8.84. The summed E-state index contributed by atoms with van der Waals surface area (Å²) in [6.07, 6.45) is 0.953. The van der Waals surface area contributed by atoms with Gasteiger partial charge in [0.2, 0.25) is 15.9 Å². The summed E-state index contributed by atoms with van der Waals surface area (Å²) in [4.78, 5) is 12.7. The lowest BCUT2D eigenvalue weighted by atomic mass is 9.97. The van der Waals surface area contributed by atoms with Crippen molar-refractivity contribution in [1.82, 2.24) is 4.31 Å². The van der Waals surface area contributed by atoms with Gasteiger partial charge in [0, 0.05) is 30.8 Å². The van der Waals surface area contributed by atoms with E-state index in [4.69, 9.17) is 9.47 Å². The lowest BCUT2D eigenvalue weighted by molar-refractivity contribution is -0.120. The molecule has 1 N–H and O–H groups in total. The quantitative estimate of drug-likeness (QED) is 0.779. The van der Waals surface area contributed by atoms with E-state index in [-0.39, 0.29) is 16.7 Å². The second-order valence-corrected chi connectivity index (χ2v) is 8.94. The average molecular weight is 419 g/mol. The fourth-order valence-electron chi connectivity index (χ4n) is 3.43. The summed E-state index contributed by atoms with van der Waals surface area (Å²) in [5, 5.41) is 2.96. The minimum atomic E-state index is -3.67. The smallest absolute Gasteiger partial charge is 0.243 e. The number of methoxy groups -OCH3 is 2. The van der Waals surface area contributed by atoms with E-state index in [0.717, 1.165) is 11.3 Å². The summed E-state index contributed by atoms with van der Waals surface area (Å²) < 4.78 is 37.8. The van der Waals surface area contributed by atoms with Crippen molar-refractivity contribution < 1.29 is 22.7 Å². The van der Waals surface area contributed by atoms with Crippen molar-refractivity contribution in [2.75, 3.05) is 32.6 Å². The molecule has 1 amide bonds. The molecule has 0 spiro atoms. The van der Waals surface area contributed by atoms with Crippen LogP contribution >= 0.6 is 0 Å². The number of carbonyl (C=O) groups is 1. The molecule has 0 atom stereocenters. The van der Waals surface area contributed by atoms with E-state index in [1.807, 2.05) is 31.2 Å². The first-order valence-electron chi connectivity index (χ1n) is 9.45. The molecule has 1 saturated heterocycles. The van der Waals surface area contributed by atoms with Crippen LogP contribution in [0.3, 0.4) is 0 Å². The molecule has 1 fully saturated rings. The number of aryl methyl sites for hydroxylation is 1. The number of piperidine rings is 1. The minimum absolute atomic E-state index is 0.0672. The lowest BCUT2D eigenvalue weighted by Crippen LogP contribution is -2.41. The number of benzene rings is 2. The van der Waals surface area contributed by atoms with Crippen LogP contribution in [0.15, 0.2) is 47.4 Å². The average Bonchev–Trinajstić information content (AvgIpc) is 2.74. The number of ether oxygens (including phenoxy) is 2. The van der Waals surface area contributed by atoms with Gasteiger partial charge in [-0.2, -0.15) is 4.31 Å². The molecule has 0 aromatic heterocycles. The van der Waals surface area contributed by atoms with Gasteiger partial charge in [0.15, 0.2) is 11.5 Å². The first-order valence-corrected chi connectivity index (χ1v) is 10.9. The van der Waals surface area contributed by atoms with Crippen LogP contribution in [0.1, 0.15) is 18.4 Å². The van der Waals surface area contributed by atoms with Gasteiger partial charge >= 0.3 is 0 Å². The van der Waals surface area contributed by atoms with E-state index in [9.17, 15) is 13.2 Å². The summed E-state index contributed by atoms with van der Waals surface area (Å²) >= 11 is 0. The summed E-state index contributed by atoms with van der Waals surface area (Å²) in [6, 6.07) is 12.1. The minimum Gasteiger partial charge on any atom is -0.493 e. The Morgan fingerprint density at radius 2 is 1.69 bits per heavy atom. The van der Waals surface area contributed by atoms with Crippen molar-refractivity contribution in [1.29, 1.82) is 0 Å². The summed E-state index contributed by atoms with van der Waals surface area (Å²) in [5.41, 5.74) is 1.78. The molecule has 156 valence electrons. The molecule has 3 rings (SSSR count). The van der Waals surface area contributed by atoms with E-state index in [0.29, 0.717) is 37.4 Å². The Balaban J connectivity index is 1.66. The molecule has 0 unspecified atom stereocenters. The highest BCUT2D eigenvalue weighted by molar-refractivity contribution is 7.89. The maximum absolute atomic E-state index is 13.0. The van der Waals surface area contributed by atoms with Crippen molar-refractivity contribution >= 4 is 21.6 Å². The monoisotopic (exact) mass is 418 g/mol. The maximum Gasteiger partial charge on any atom is 0.243 e. The van der Waals surface area contributed by atoms with E-state index in [1.54, 1.807) is 6.07 Å². The number of anilines is 1. The largest absolute Gasteiger partial charge is 0.493 e. The number of hydrogen-bond donors (Lipinski definition) is 1. The third-order valence-corrected chi connectivity index (χ3v) is 7.12. The van der Waals surface area contributed by atoms with E-state index >= 15 is 0 Å². The fraction of sp³-hybridized carbons (Fsp3) is 0.381. The zero-order valence-electron chi connectivity index (χ0n) is 16.8. The topological polar surface area (TPSA) is 84.9 Å². The Morgan fingerprint density at radius 3 is 2.31 bits per heavy atom. The van der Waals surface area contributed by atoms with Gasteiger partial charge in [0.05, 0.1) is 19.1 Å². The molecule has 2 aromatic rings. The zero-order chi connectivity index (χ0) is 21.0. The Bertz CT molecular complexity index is 982. The van der Waals surface area contributed by atoms with E-state index < -0.39 is 10.0 Å². The standard InChI is InChI=1S/C21H26N2O5S/c1-15-6-4-5-7-18(15)22-21(24)16-10-12-23(13-11-16)29(25,26)17-8-9-19(27-2)20(14-17)28-3/h4-9,14,16H,10-13H2,1-3H3,(H,22,24). The van der Waals surface area contributed by atoms with E-state index in [1.165, 1.54) is 30.7 Å². The molecule has 2 aromatic carbocycles. The zero-order valence-corrected chi connectivity index (χ0v) is 17.7. The Hall–Kier alpha value is -2.58. The van der Waals surface area contributed by atoms with Crippen LogP contribution in [0.25, 0.3) is 0 Å². The van der Waals surface area contributed by atoms with Gasteiger partial charge in [-0.25, -0.2) is 8.42 Å². The van der Waals surface area contributed by atoms with Gasteiger partial charge < -0.3 is 14.8 Å². The molecule has 7 nitrogen and oxygen atoms in total. The van der Waals surface area contributed by atoms with Gasteiger partial charge in [-0.3, -0.25) is 4.79 Å². The van der Waals surface area contributed by atoms with E-state index in [2.05, 4.69) is 5.32 Å². The first-order chi connectivity index (χ1) is 13.9. The highest BCUT2D eigenvalue weighted by atomic mass is 32.2. The second-order valence-electron chi connectivity index (χ2n) is 7.00. The predicted octanol–water partition coefficient (Wildman–Crippen LogP) is 3.05. The predicted molar refractivity (Wildman–Crippen MR) is 111 cm³/mol. The Kier molecular flexibility index (Phi) is 6.44. The van der Waals surface area contributed by atoms with Gasteiger partial charge in [-0.05, 0) is 43.5 Å². The molecular weight excluding hydrogens is 392 g/mol. The van der Waals surface area contributed by atoms with Crippen LogP contribution in [0.5, 0.6) is 11.5 Å². The molecule has 0 radical (unpaired) electrons. The molecule has 0 saturated carbocycles. The van der Waals surface area contributed by atoms with Gasteiger partial charge in [0.25, 0.3) is 0 Å². The number of hydrogen-bond acceptors (Lipinski definition) is 5. The van der Waals surface area contributed by atoms with Crippen molar-refractivity contribution in [2.24, 2.45) is 5.92 Å². The van der Waals surface area contributed by atoms with Crippen LogP contribution < -0.4 is 14.8 Å². The molecule has 29 heavy (non-hydrogen) atoms. The van der Waals surface area contributed by atoms with Crippen LogP contribution in [-0.4, -0.2) is 45.9 Å². The van der Waals surface area contributed by atoms with Crippen LogP contribution in [0.4, 0.5) is 5.69 Å². The third kappa shape index (κ3) is 4.54. The van der Waals surface area contributed by atoms with Gasteiger partial charge in [-0.15, -0.1) is 0 Å². The van der Waals surface area contributed by atoms with Gasteiger partial charge in [-0.1, -0.05) is 18.2 Å². The Morgan fingerprint density at radius 1 is 1.03 bits per heavy atom. The third-order valence-electron chi connectivity index (χ3n) is 5.22. The number of amides is 1. The van der Waals surface area contributed by atoms with Crippen molar-refractivity contribution in [3.05, 3.63) is 48.0 Å². The van der Waals surface area contributed by atoms with Crippen LogP contribution in [0, 0.1) is 12.8 Å². The fourth-order valence-corrected chi connectivity index (χ4v) is 4.92. The van der Waals surface area contributed by atoms with Crippen molar-refractivity contribution in [3.63, 3.8) is 0 Å². The lowest BCUT2D eigenvalue weighted by Gasteiger charge is -2.30. The Labute approximate surface area is 171 Å². The SMILES string of the molecule is COc1ccc(S(=O)(=O)N2CCC(C(=O)Nc3ccccc3C)CC2)cc1OC. The van der Waals surface area contributed by atoms with Crippen LogP contribution in [0.2, 0.25) is 0 Å². The number of rotatable bonds is 6. The number of nitrogens with one attached hydrogen (secondary N) is 1. The molecular formula is C21H26N2O5S. The molecule has 1 aliphatic rings. The molecule has 1 aliphatic heterocycles. The summed E-state index contributed by atoms with van der Waals surface area (Å²) in [5.74, 6) is 0.549. The summed E-state index contributed by atoms with van der Waals surface area (Å²) in [6.45, 7) is 2.53. The van der Waals surface area contributed by atoms with Crippen molar-refractivity contribution in [2.45, 2.75) is 24.7 Å². The first kappa shape index (κ1) is 21.1. The number of nitrogens with zero attached hydrogens (tertiary/aromatic N) is 1. The highest BCUT2D eigenvalue weighted by Crippen LogP contribution is 2.32. The van der Waals surface area contributed by atoms with Gasteiger partial charge in [0.1, 0.15) is 0 Å². The highest BCUT2D eigenvalue weighted by Gasteiger charge is 2.32. The van der Waals surface area contributed by atoms with Crippen LogP contribution in [-0.2, 0) is 14.8 Å². The molecule has 0 bridgehead atoms. The number of sulfonamides is 1. The maximum atomic E-state index is 13.0. The molecule has 0 aliphatic carbocycles. The normalized spacial score (nSPS) is 15.7. The number of para-hydroxylation sites is 1.